The Balaban J connectivity index is 1.50. The Hall–Kier alpha value is -3.36. The summed E-state index contributed by atoms with van der Waals surface area (Å²) in [6.07, 6.45) is 0. The molecule has 5 rings (SSSR count). The van der Waals surface area contributed by atoms with Gasteiger partial charge in [-0.25, -0.2) is 13.4 Å². The van der Waals surface area contributed by atoms with E-state index in [2.05, 4.69) is 4.90 Å². The van der Waals surface area contributed by atoms with Crippen LogP contribution in [0, 0.1) is 6.92 Å². The van der Waals surface area contributed by atoms with E-state index in [1.54, 1.807) is 35.7 Å². The predicted octanol–water partition coefficient (Wildman–Crippen LogP) is 4.58. The van der Waals surface area contributed by atoms with Gasteiger partial charge in [0.05, 0.1) is 17.6 Å². The van der Waals surface area contributed by atoms with Crippen LogP contribution in [0.4, 0.5) is 5.69 Å². The first kappa shape index (κ1) is 22.4. The summed E-state index contributed by atoms with van der Waals surface area (Å²) in [7, 11) is -1.95. The third kappa shape index (κ3) is 4.03. The Kier molecular flexibility index (Phi) is 5.79. The van der Waals surface area contributed by atoms with Gasteiger partial charge in [-0.05, 0) is 55.8 Å². The minimum absolute atomic E-state index is 0.231. The molecule has 2 heterocycles. The van der Waals surface area contributed by atoms with E-state index in [1.165, 1.54) is 0 Å². The molecule has 0 saturated carbocycles. The van der Waals surface area contributed by atoms with Gasteiger partial charge >= 0.3 is 0 Å². The summed E-state index contributed by atoms with van der Waals surface area (Å²) in [4.78, 5) is 7.45. The second kappa shape index (κ2) is 8.77. The van der Waals surface area contributed by atoms with Gasteiger partial charge in [-0.2, -0.15) is 4.31 Å². The van der Waals surface area contributed by atoms with Crippen LogP contribution in [0.1, 0.15) is 18.1 Å². The number of hydrogen-bond acceptors (Lipinski definition) is 6. The number of ether oxygens (including phenoxy) is 2. The van der Waals surface area contributed by atoms with E-state index in [-0.39, 0.29) is 6.04 Å². The zero-order valence-corrected chi connectivity index (χ0v) is 20.2. The lowest BCUT2D eigenvalue weighted by molar-refractivity contribution is 0.205. The molecule has 0 radical (unpaired) electrons. The maximum atomic E-state index is 13.2. The Morgan fingerprint density at radius 1 is 1.00 bits per heavy atom. The van der Waals surface area contributed by atoms with E-state index in [0.717, 1.165) is 22.6 Å². The molecular weight excluding hydrogens is 450 g/mol. The number of rotatable bonds is 3. The topological polar surface area (TPSA) is 71.4 Å². The molecule has 0 aromatic heterocycles. The summed E-state index contributed by atoms with van der Waals surface area (Å²) < 4.78 is 39.8. The van der Waals surface area contributed by atoms with Crippen molar-refractivity contribution in [2.75, 3.05) is 26.7 Å². The summed E-state index contributed by atoms with van der Waals surface area (Å²) in [5.41, 5.74) is 2.67. The number of amidine groups is 1. The molecule has 8 heteroatoms. The number of nitrogens with zero attached hydrogens (tertiary/aromatic N) is 3. The van der Waals surface area contributed by atoms with Crippen molar-refractivity contribution in [2.24, 2.45) is 4.99 Å². The molecule has 0 spiro atoms. The van der Waals surface area contributed by atoms with E-state index in [4.69, 9.17) is 14.5 Å². The molecule has 34 heavy (non-hydrogen) atoms. The fourth-order valence-corrected chi connectivity index (χ4v) is 6.08. The molecular formula is C26H27N3O4S. The molecule has 1 atom stereocenters. The van der Waals surface area contributed by atoms with Crippen LogP contribution in [-0.2, 0) is 10.0 Å². The Labute approximate surface area is 200 Å². The lowest BCUT2D eigenvalue weighted by atomic mass is 10.1. The quantitative estimate of drug-likeness (QED) is 0.552. The SMILES string of the molecule is COc1ccc2c(c1)Oc1cc(C)ccc1N=C2N1CCN(S(=O)(=O)c2ccccc2)[C@@H](C)C1. The van der Waals surface area contributed by atoms with Crippen LogP contribution in [0.3, 0.4) is 0 Å². The first-order valence-corrected chi connectivity index (χ1v) is 12.7. The predicted molar refractivity (Wildman–Crippen MR) is 132 cm³/mol. The van der Waals surface area contributed by atoms with E-state index >= 15 is 0 Å². The highest BCUT2D eigenvalue weighted by atomic mass is 32.2. The molecule has 7 nitrogen and oxygen atoms in total. The third-order valence-corrected chi connectivity index (χ3v) is 8.23. The molecule has 1 saturated heterocycles. The van der Waals surface area contributed by atoms with Gasteiger partial charge in [0, 0.05) is 31.7 Å². The minimum Gasteiger partial charge on any atom is -0.497 e. The molecule has 0 bridgehead atoms. The van der Waals surface area contributed by atoms with Gasteiger partial charge in [0.15, 0.2) is 5.75 Å². The average Bonchev–Trinajstić information content (AvgIpc) is 3.00. The van der Waals surface area contributed by atoms with E-state index < -0.39 is 10.0 Å². The molecule has 2 aliphatic heterocycles. The second-order valence-electron chi connectivity index (χ2n) is 8.59. The monoisotopic (exact) mass is 477 g/mol. The fourth-order valence-electron chi connectivity index (χ4n) is 4.45. The number of hydrogen-bond donors (Lipinski definition) is 0. The first-order valence-electron chi connectivity index (χ1n) is 11.2. The van der Waals surface area contributed by atoms with Crippen molar-refractivity contribution in [2.45, 2.75) is 24.8 Å². The summed E-state index contributed by atoms with van der Waals surface area (Å²) in [6.45, 7) is 5.34. The van der Waals surface area contributed by atoms with Crippen molar-refractivity contribution in [1.29, 1.82) is 0 Å². The van der Waals surface area contributed by atoms with E-state index in [1.807, 2.05) is 56.3 Å². The Bertz CT molecular complexity index is 1360. The van der Waals surface area contributed by atoms with Crippen molar-refractivity contribution in [3.63, 3.8) is 0 Å². The smallest absolute Gasteiger partial charge is 0.243 e. The van der Waals surface area contributed by atoms with Crippen LogP contribution in [-0.4, -0.2) is 56.2 Å². The maximum Gasteiger partial charge on any atom is 0.243 e. The first-order chi connectivity index (χ1) is 16.4. The highest BCUT2D eigenvalue weighted by Gasteiger charge is 2.36. The number of piperazine rings is 1. The maximum absolute atomic E-state index is 13.2. The van der Waals surface area contributed by atoms with Gasteiger partial charge in [-0.15, -0.1) is 0 Å². The molecule has 3 aromatic carbocycles. The molecule has 0 aliphatic carbocycles. The molecule has 0 N–H and O–H groups in total. The number of aliphatic imine (C=N–C) groups is 1. The van der Waals surface area contributed by atoms with Crippen molar-refractivity contribution < 1.29 is 17.9 Å². The number of sulfonamides is 1. The largest absolute Gasteiger partial charge is 0.497 e. The van der Waals surface area contributed by atoms with Crippen LogP contribution < -0.4 is 9.47 Å². The standard InChI is InChI=1S/C26H27N3O4S/c1-18-9-12-23-25(15-18)33-24-16-20(32-3)10-11-22(24)26(27-23)28-13-14-29(19(2)17-28)34(30,31)21-7-5-4-6-8-21/h4-12,15-16,19H,13-14,17H2,1-3H3/t19-/m0/s1. The lowest BCUT2D eigenvalue weighted by Crippen LogP contribution is -2.55. The van der Waals surface area contributed by atoms with Crippen LogP contribution in [0.5, 0.6) is 17.2 Å². The Morgan fingerprint density at radius 2 is 1.79 bits per heavy atom. The van der Waals surface area contributed by atoms with Gasteiger partial charge < -0.3 is 14.4 Å². The zero-order valence-electron chi connectivity index (χ0n) is 19.4. The number of fused-ring (bicyclic) bond motifs is 2. The van der Waals surface area contributed by atoms with Crippen molar-refractivity contribution in [3.05, 3.63) is 77.9 Å². The van der Waals surface area contributed by atoms with E-state index in [0.29, 0.717) is 41.8 Å². The van der Waals surface area contributed by atoms with Gasteiger partial charge in [-0.1, -0.05) is 24.3 Å². The lowest BCUT2D eigenvalue weighted by Gasteiger charge is -2.40. The van der Waals surface area contributed by atoms with Gasteiger partial charge in [0.25, 0.3) is 0 Å². The van der Waals surface area contributed by atoms with Crippen LogP contribution in [0.25, 0.3) is 0 Å². The summed E-state index contributed by atoms with van der Waals surface area (Å²) in [5, 5.41) is 0. The second-order valence-corrected chi connectivity index (χ2v) is 10.5. The molecule has 0 amide bonds. The molecule has 176 valence electrons. The minimum atomic E-state index is -3.57. The fraction of sp³-hybridized carbons (Fsp3) is 0.269. The molecule has 3 aromatic rings. The molecule has 1 fully saturated rings. The zero-order chi connectivity index (χ0) is 23.9. The van der Waals surface area contributed by atoms with Crippen molar-refractivity contribution in [1.82, 2.24) is 9.21 Å². The van der Waals surface area contributed by atoms with E-state index in [9.17, 15) is 8.42 Å². The third-order valence-electron chi connectivity index (χ3n) is 6.21. The number of aryl methyl sites for hydroxylation is 1. The average molecular weight is 478 g/mol. The van der Waals surface area contributed by atoms with Crippen molar-refractivity contribution >= 4 is 21.5 Å². The Morgan fingerprint density at radius 3 is 2.53 bits per heavy atom. The summed E-state index contributed by atoms with van der Waals surface area (Å²) >= 11 is 0. The molecule has 2 aliphatic rings. The van der Waals surface area contributed by atoms with Crippen LogP contribution in [0.2, 0.25) is 0 Å². The number of methoxy groups -OCH3 is 1. The van der Waals surface area contributed by atoms with Gasteiger partial charge in [0.2, 0.25) is 10.0 Å². The van der Waals surface area contributed by atoms with Crippen LogP contribution in [0.15, 0.2) is 76.6 Å². The summed E-state index contributed by atoms with van der Waals surface area (Å²) in [5.74, 6) is 2.81. The summed E-state index contributed by atoms with van der Waals surface area (Å²) in [6, 6.07) is 20.0. The highest BCUT2D eigenvalue weighted by molar-refractivity contribution is 7.89. The van der Waals surface area contributed by atoms with Crippen LogP contribution >= 0.6 is 0 Å². The highest BCUT2D eigenvalue weighted by Crippen LogP contribution is 2.40. The van der Waals surface area contributed by atoms with Crippen molar-refractivity contribution in [3.8, 4) is 17.2 Å². The van der Waals surface area contributed by atoms with Gasteiger partial charge in [-0.3, -0.25) is 0 Å². The molecule has 0 unspecified atom stereocenters. The van der Waals surface area contributed by atoms with Gasteiger partial charge in [0.1, 0.15) is 23.0 Å². The normalized spacial score (nSPS) is 18.3. The number of benzene rings is 3.